The Kier molecular flexibility index (Phi) is 5.24. The molecule has 0 spiro atoms. The van der Waals surface area contributed by atoms with E-state index in [0.717, 1.165) is 18.7 Å². The number of alkyl halides is 3. The van der Waals surface area contributed by atoms with Crippen molar-refractivity contribution in [2.45, 2.75) is 12.9 Å². The lowest BCUT2D eigenvalue weighted by Gasteiger charge is -2.09. The average Bonchev–Trinajstić information content (AvgIpc) is 2.25. The van der Waals surface area contributed by atoms with Crippen LogP contribution in [0.2, 0.25) is 0 Å². The van der Waals surface area contributed by atoms with Crippen molar-refractivity contribution in [3.8, 4) is 5.75 Å². The van der Waals surface area contributed by atoms with Crippen LogP contribution in [-0.2, 0) is 6.54 Å². The van der Waals surface area contributed by atoms with E-state index in [4.69, 9.17) is 0 Å². The first-order valence-corrected chi connectivity index (χ1v) is 5.21. The summed E-state index contributed by atoms with van der Waals surface area (Å²) in [6, 6.07) is 5.83. The molecule has 2 N–H and O–H groups in total. The summed E-state index contributed by atoms with van der Waals surface area (Å²) < 4.78 is 39.4. The van der Waals surface area contributed by atoms with E-state index in [2.05, 4.69) is 15.4 Å². The van der Waals surface area contributed by atoms with Gasteiger partial charge in [0.05, 0.1) is 0 Å². The van der Waals surface area contributed by atoms with Crippen LogP contribution in [0.4, 0.5) is 13.2 Å². The van der Waals surface area contributed by atoms with E-state index in [1.165, 1.54) is 12.1 Å². The second-order valence-corrected chi connectivity index (χ2v) is 3.47. The predicted octanol–water partition coefficient (Wildman–Crippen LogP) is 1.89. The maximum Gasteiger partial charge on any atom is 0.573 e. The minimum Gasteiger partial charge on any atom is -0.406 e. The Hall–Kier alpha value is -1.27. The second kappa shape index (κ2) is 6.46. The summed E-state index contributed by atoms with van der Waals surface area (Å²) >= 11 is 0. The molecular weight excluding hydrogens is 233 g/mol. The number of likely N-dealkylation sites (N-methyl/N-ethyl adjacent to an activating group) is 1. The summed E-state index contributed by atoms with van der Waals surface area (Å²) in [4.78, 5) is 0. The van der Waals surface area contributed by atoms with Crippen molar-refractivity contribution < 1.29 is 17.9 Å². The van der Waals surface area contributed by atoms with E-state index in [-0.39, 0.29) is 5.75 Å². The lowest BCUT2D eigenvalue weighted by molar-refractivity contribution is -0.274. The number of halogens is 3. The van der Waals surface area contributed by atoms with Gasteiger partial charge < -0.3 is 15.4 Å². The Morgan fingerprint density at radius 1 is 1.12 bits per heavy atom. The van der Waals surface area contributed by atoms with Crippen molar-refractivity contribution in [3.05, 3.63) is 29.8 Å². The molecule has 0 aliphatic carbocycles. The van der Waals surface area contributed by atoms with Gasteiger partial charge in [0.25, 0.3) is 0 Å². The van der Waals surface area contributed by atoms with Crippen LogP contribution >= 0.6 is 0 Å². The summed E-state index contributed by atoms with van der Waals surface area (Å²) in [5, 5.41) is 6.13. The first kappa shape index (κ1) is 13.8. The Labute approximate surface area is 98.0 Å². The van der Waals surface area contributed by atoms with Crippen LogP contribution in [0.5, 0.6) is 5.75 Å². The topological polar surface area (TPSA) is 33.3 Å². The Bertz CT molecular complexity index is 324. The smallest absolute Gasteiger partial charge is 0.406 e. The molecule has 0 aliphatic rings. The molecule has 0 fully saturated rings. The van der Waals surface area contributed by atoms with Gasteiger partial charge in [-0.25, -0.2) is 0 Å². The van der Waals surface area contributed by atoms with Gasteiger partial charge in [-0.2, -0.15) is 0 Å². The highest BCUT2D eigenvalue weighted by Gasteiger charge is 2.30. The van der Waals surface area contributed by atoms with Crippen LogP contribution in [0.25, 0.3) is 0 Å². The molecule has 0 saturated heterocycles. The third-order valence-electron chi connectivity index (χ3n) is 2.04. The molecular formula is C11H15F3N2O. The molecule has 0 amide bonds. The molecule has 17 heavy (non-hydrogen) atoms. The van der Waals surface area contributed by atoms with Crippen molar-refractivity contribution in [2.75, 3.05) is 20.1 Å². The van der Waals surface area contributed by atoms with Crippen molar-refractivity contribution in [1.82, 2.24) is 10.6 Å². The molecule has 0 saturated carbocycles. The maximum atomic E-state index is 11.9. The van der Waals surface area contributed by atoms with E-state index in [0.29, 0.717) is 6.54 Å². The number of rotatable bonds is 6. The van der Waals surface area contributed by atoms with Crippen LogP contribution in [0.15, 0.2) is 24.3 Å². The summed E-state index contributed by atoms with van der Waals surface area (Å²) in [5.41, 5.74) is 0.913. The molecule has 0 radical (unpaired) electrons. The molecule has 0 atom stereocenters. The molecule has 1 aromatic rings. The number of benzene rings is 1. The van der Waals surface area contributed by atoms with Gasteiger partial charge in [-0.05, 0) is 24.7 Å². The molecule has 3 nitrogen and oxygen atoms in total. The zero-order chi connectivity index (χ0) is 12.7. The SMILES string of the molecule is CNCCNCc1ccc(OC(F)(F)F)cc1. The fourth-order valence-electron chi connectivity index (χ4n) is 1.26. The van der Waals surface area contributed by atoms with Gasteiger partial charge in [-0.15, -0.1) is 13.2 Å². The molecule has 0 aliphatic heterocycles. The second-order valence-electron chi connectivity index (χ2n) is 3.47. The van der Waals surface area contributed by atoms with E-state index >= 15 is 0 Å². The summed E-state index contributed by atoms with van der Waals surface area (Å²) in [6.45, 7) is 2.26. The number of nitrogens with one attached hydrogen (secondary N) is 2. The number of hydrogen-bond donors (Lipinski definition) is 2. The van der Waals surface area contributed by atoms with Gasteiger partial charge in [0, 0.05) is 19.6 Å². The van der Waals surface area contributed by atoms with Gasteiger partial charge in [0.15, 0.2) is 0 Å². The Morgan fingerprint density at radius 2 is 1.76 bits per heavy atom. The highest BCUT2D eigenvalue weighted by Crippen LogP contribution is 2.22. The lowest BCUT2D eigenvalue weighted by atomic mass is 10.2. The normalized spacial score (nSPS) is 11.5. The third kappa shape index (κ3) is 6.13. The highest BCUT2D eigenvalue weighted by atomic mass is 19.4. The fourth-order valence-corrected chi connectivity index (χ4v) is 1.26. The third-order valence-corrected chi connectivity index (χ3v) is 2.04. The van der Waals surface area contributed by atoms with E-state index in [1.807, 2.05) is 7.05 Å². The lowest BCUT2D eigenvalue weighted by Crippen LogP contribution is -2.24. The van der Waals surface area contributed by atoms with Gasteiger partial charge in [-0.1, -0.05) is 12.1 Å². The number of hydrogen-bond acceptors (Lipinski definition) is 3. The van der Waals surface area contributed by atoms with Crippen LogP contribution in [0.1, 0.15) is 5.56 Å². The van der Waals surface area contributed by atoms with Crippen molar-refractivity contribution in [1.29, 1.82) is 0 Å². The van der Waals surface area contributed by atoms with Crippen LogP contribution in [0.3, 0.4) is 0 Å². The minimum atomic E-state index is -4.63. The van der Waals surface area contributed by atoms with Gasteiger partial charge in [-0.3, -0.25) is 0 Å². The first-order chi connectivity index (χ1) is 8.01. The summed E-state index contributed by atoms with van der Waals surface area (Å²) in [6.07, 6.45) is -4.63. The molecule has 96 valence electrons. The molecule has 1 rings (SSSR count). The van der Waals surface area contributed by atoms with E-state index in [9.17, 15) is 13.2 Å². The van der Waals surface area contributed by atoms with E-state index in [1.54, 1.807) is 12.1 Å². The van der Waals surface area contributed by atoms with Crippen LogP contribution < -0.4 is 15.4 Å². The zero-order valence-corrected chi connectivity index (χ0v) is 9.47. The fraction of sp³-hybridized carbons (Fsp3) is 0.455. The summed E-state index contributed by atoms with van der Waals surface area (Å²) in [7, 11) is 1.85. The number of ether oxygens (including phenoxy) is 1. The Morgan fingerprint density at radius 3 is 2.29 bits per heavy atom. The maximum absolute atomic E-state index is 11.9. The molecule has 1 aromatic carbocycles. The molecule has 0 aromatic heterocycles. The molecule has 0 bridgehead atoms. The van der Waals surface area contributed by atoms with Crippen LogP contribution in [-0.4, -0.2) is 26.5 Å². The first-order valence-electron chi connectivity index (χ1n) is 5.21. The minimum absolute atomic E-state index is 0.198. The highest BCUT2D eigenvalue weighted by molar-refractivity contribution is 5.27. The predicted molar refractivity (Wildman–Crippen MR) is 58.8 cm³/mol. The molecule has 0 unspecified atom stereocenters. The van der Waals surface area contributed by atoms with Crippen molar-refractivity contribution in [3.63, 3.8) is 0 Å². The Balaban J connectivity index is 2.39. The average molecular weight is 248 g/mol. The quantitative estimate of drug-likeness (QED) is 0.754. The molecule has 6 heteroatoms. The zero-order valence-electron chi connectivity index (χ0n) is 9.47. The van der Waals surface area contributed by atoms with Crippen molar-refractivity contribution >= 4 is 0 Å². The van der Waals surface area contributed by atoms with Crippen LogP contribution in [0, 0.1) is 0 Å². The summed E-state index contributed by atoms with van der Waals surface area (Å²) in [5.74, 6) is -0.198. The largest absolute Gasteiger partial charge is 0.573 e. The van der Waals surface area contributed by atoms with Gasteiger partial charge in [0.1, 0.15) is 5.75 Å². The van der Waals surface area contributed by atoms with Crippen molar-refractivity contribution in [2.24, 2.45) is 0 Å². The molecule has 0 heterocycles. The van der Waals surface area contributed by atoms with Gasteiger partial charge in [0.2, 0.25) is 0 Å². The standard InChI is InChI=1S/C11H15F3N2O/c1-15-6-7-16-8-9-2-4-10(5-3-9)17-11(12,13)14/h2-5,15-16H,6-8H2,1H3. The van der Waals surface area contributed by atoms with Gasteiger partial charge >= 0.3 is 6.36 Å². The van der Waals surface area contributed by atoms with E-state index < -0.39 is 6.36 Å². The monoisotopic (exact) mass is 248 g/mol.